The highest BCUT2D eigenvalue weighted by Crippen LogP contribution is 2.33. The Hall–Kier alpha value is -3.95. The lowest BCUT2D eigenvalue weighted by atomic mass is 10.2. The quantitative estimate of drug-likeness (QED) is 0.629. The molecule has 2 aliphatic rings. The molecule has 0 bridgehead atoms. The summed E-state index contributed by atoms with van der Waals surface area (Å²) in [6, 6.07) is 9.31. The predicted octanol–water partition coefficient (Wildman–Crippen LogP) is 1.48. The maximum atomic E-state index is 13.1. The van der Waals surface area contributed by atoms with Crippen LogP contribution in [0.15, 0.2) is 48.9 Å². The zero-order valence-corrected chi connectivity index (χ0v) is 18.1. The minimum absolute atomic E-state index is 0.0725. The molecule has 0 saturated carbocycles. The zero-order valence-electron chi connectivity index (χ0n) is 20.1. The van der Waals surface area contributed by atoms with Crippen molar-refractivity contribution < 1.29 is 17.1 Å². The molecule has 2 aliphatic heterocycles. The second kappa shape index (κ2) is 8.89. The number of hydrogen-bond acceptors (Lipinski definition) is 7. The Labute approximate surface area is 194 Å². The van der Waals surface area contributed by atoms with E-state index in [0.29, 0.717) is 17.0 Å². The topological polar surface area (TPSA) is 105 Å². The van der Waals surface area contributed by atoms with Gasteiger partial charge in [-0.1, -0.05) is 30.3 Å². The highest BCUT2D eigenvalue weighted by atomic mass is 16.5. The molecule has 10 heteroatoms. The summed E-state index contributed by atoms with van der Waals surface area (Å²) in [4.78, 5) is 37.9. The standard InChI is InChI=1S/C23H25N7O3/c1-28-18-12-24-20(29-9-5-6-10-29)11-19(18)33-14-17(23(28)32)26-22(31)21-25-15-30(27-21)13-16-7-3-2-4-8-16/h2-4,7-8,11-12,15,17H,5-6,9-10,13-14H2,1H3,(H,26,31)/t17-/m0/s1/i13D2. The summed E-state index contributed by atoms with van der Waals surface area (Å²) in [5, 5.41) is 6.64. The summed E-state index contributed by atoms with van der Waals surface area (Å²) in [6.07, 6.45) is 4.99. The van der Waals surface area contributed by atoms with Gasteiger partial charge >= 0.3 is 0 Å². The van der Waals surface area contributed by atoms with Crippen molar-refractivity contribution in [3.8, 4) is 5.75 Å². The van der Waals surface area contributed by atoms with Crippen molar-refractivity contribution in [3.05, 3.63) is 60.3 Å². The molecule has 1 aromatic carbocycles. The number of benzene rings is 1. The third-order valence-corrected chi connectivity index (χ3v) is 5.68. The van der Waals surface area contributed by atoms with Crippen molar-refractivity contribution in [1.82, 2.24) is 25.1 Å². The number of likely N-dealkylation sites (N-methyl/N-ethyl adjacent to an activating group) is 1. The number of carbonyl (C=O) groups excluding carboxylic acids is 2. The Morgan fingerprint density at radius 1 is 1.24 bits per heavy atom. The van der Waals surface area contributed by atoms with E-state index in [1.165, 1.54) is 4.90 Å². The maximum Gasteiger partial charge on any atom is 0.291 e. The summed E-state index contributed by atoms with van der Waals surface area (Å²) >= 11 is 0. The number of rotatable bonds is 5. The van der Waals surface area contributed by atoms with E-state index in [9.17, 15) is 9.59 Å². The number of nitrogens with one attached hydrogen (secondary N) is 1. The third kappa shape index (κ3) is 4.36. The van der Waals surface area contributed by atoms with Crippen LogP contribution in [0.2, 0.25) is 0 Å². The van der Waals surface area contributed by atoms with E-state index in [2.05, 4.69) is 25.3 Å². The van der Waals surface area contributed by atoms with Crippen LogP contribution in [0, 0.1) is 0 Å². The van der Waals surface area contributed by atoms with Gasteiger partial charge in [0.15, 0.2) is 0 Å². The van der Waals surface area contributed by atoms with Crippen molar-refractivity contribution in [1.29, 1.82) is 0 Å². The van der Waals surface area contributed by atoms with Crippen LogP contribution in [0.4, 0.5) is 11.5 Å². The van der Waals surface area contributed by atoms with Gasteiger partial charge < -0.3 is 19.9 Å². The molecule has 0 unspecified atom stereocenters. The van der Waals surface area contributed by atoms with Crippen LogP contribution in [-0.4, -0.2) is 64.3 Å². The van der Waals surface area contributed by atoms with Crippen molar-refractivity contribution in [2.75, 3.05) is 36.5 Å². The van der Waals surface area contributed by atoms with Crippen LogP contribution in [0.25, 0.3) is 0 Å². The molecule has 5 rings (SSSR count). The molecule has 170 valence electrons. The molecule has 0 spiro atoms. The lowest BCUT2D eigenvalue weighted by Gasteiger charge is -2.21. The van der Waals surface area contributed by atoms with E-state index in [1.54, 1.807) is 43.6 Å². The first-order valence-corrected chi connectivity index (χ1v) is 10.8. The number of amides is 2. The average Bonchev–Trinajstić information content (AvgIpc) is 3.57. The number of aromatic nitrogens is 4. The first-order chi connectivity index (χ1) is 16.8. The number of nitrogens with zero attached hydrogens (tertiary/aromatic N) is 6. The zero-order chi connectivity index (χ0) is 24.6. The summed E-state index contributed by atoms with van der Waals surface area (Å²) in [7, 11) is 1.60. The number of hydrogen-bond donors (Lipinski definition) is 1. The Bertz CT molecular complexity index is 1240. The Balaban J connectivity index is 1.31. The molecule has 0 radical (unpaired) electrons. The SMILES string of the molecule is [2H]C([2H])(c1ccccc1)n1cnc(C(=O)N[C@H]2COc3cc(N4CCCC4)ncc3N(C)C2=O)n1. The monoisotopic (exact) mass is 449 g/mol. The van der Waals surface area contributed by atoms with Gasteiger partial charge in [0.1, 0.15) is 36.2 Å². The van der Waals surface area contributed by atoms with Gasteiger partial charge in [-0.05, 0) is 18.4 Å². The minimum atomic E-state index is -2.00. The lowest BCUT2D eigenvalue weighted by Crippen LogP contribution is -2.49. The van der Waals surface area contributed by atoms with E-state index in [1.807, 2.05) is 6.07 Å². The fourth-order valence-electron chi connectivity index (χ4n) is 3.90. The number of ether oxygens (including phenoxy) is 1. The summed E-state index contributed by atoms with van der Waals surface area (Å²) in [5.74, 6) is -0.00311. The van der Waals surface area contributed by atoms with Crippen LogP contribution in [0.5, 0.6) is 5.75 Å². The molecule has 4 heterocycles. The third-order valence-electron chi connectivity index (χ3n) is 5.68. The van der Waals surface area contributed by atoms with Crippen molar-refractivity contribution in [3.63, 3.8) is 0 Å². The minimum Gasteiger partial charge on any atom is -0.488 e. The van der Waals surface area contributed by atoms with Crippen molar-refractivity contribution in [2.45, 2.75) is 25.4 Å². The number of carbonyl (C=O) groups is 2. The van der Waals surface area contributed by atoms with E-state index in [0.717, 1.165) is 42.8 Å². The highest BCUT2D eigenvalue weighted by molar-refractivity contribution is 6.02. The van der Waals surface area contributed by atoms with Gasteiger partial charge in [0, 0.05) is 26.2 Å². The van der Waals surface area contributed by atoms with E-state index < -0.39 is 18.4 Å². The average molecular weight is 450 g/mol. The fourth-order valence-corrected chi connectivity index (χ4v) is 3.90. The van der Waals surface area contributed by atoms with E-state index >= 15 is 0 Å². The maximum absolute atomic E-state index is 13.1. The first-order valence-electron chi connectivity index (χ1n) is 11.8. The molecule has 2 aromatic heterocycles. The first kappa shape index (κ1) is 18.6. The molecule has 33 heavy (non-hydrogen) atoms. The van der Waals surface area contributed by atoms with Gasteiger partial charge in [-0.15, -0.1) is 5.10 Å². The van der Waals surface area contributed by atoms with Crippen LogP contribution >= 0.6 is 0 Å². The molecule has 10 nitrogen and oxygen atoms in total. The van der Waals surface area contributed by atoms with Gasteiger partial charge in [0.05, 0.1) is 15.4 Å². The van der Waals surface area contributed by atoms with Gasteiger partial charge in [-0.25, -0.2) is 14.6 Å². The molecule has 2 amide bonds. The molecule has 1 fully saturated rings. The Morgan fingerprint density at radius 2 is 2.03 bits per heavy atom. The lowest BCUT2D eigenvalue weighted by molar-refractivity contribution is -0.120. The molecule has 1 N–H and O–H groups in total. The molecular weight excluding hydrogens is 422 g/mol. The van der Waals surface area contributed by atoms with Crippen LogP contribution in [0.3, 0.4) is 0 Å². The number of fused-ring (bicyclic) bond motifs is 1. The summed E-state index contributed by atoms with van der Waals surface area (Å²) in [5.41, 5.74) is 0.888. The van der Waals surface area contributed by atoms with Crippen molar-refractivity contribution >= 4 is 23.3 Å². The van der Waals surface area contributed by atoms with E-state index in [-0.39, 0.29) is 18.3 Å². The number of anilines is 2. The predicted molar refractivity (Wildman–Crippen MR) is 121 cm³/mol. The molecule has 1 saturated heterocycles. The van der Waals surface area contributed by atoms with E-state index in [4.69, 9.17) is 7.48 Å². The second-order valence-electron chi connectivity index (χ2n) is 7.93. The summed E-state index contributed by atoms with van der Waals surface area (Å²) < 4.78 is 23.6. The largest absolute Gasteiger partial charge is 0.488 e. The molecule has 0 aliphatic carbocycles. The van der Waals surface area contributed by atoms with Crippen LogP contribution in [0.1, 0.15) is 31.8 Å². The normalized spacial score (nSPS) is 19.3. The Morgan fingerprint density at radius 3 is 2.82 bits per heavy atom. The Kier molecular flexibility index (Phi) is 5.01. The van der Waals surface area contributed by atoms with Gasteiger partial charge in [0.25, 0.3) is 11.8 Å². The molecule has 3 aromatic rings. The summed E-state index contributed by atoms with van der Waals surface area (Å²) in [6.45, 7) is -0.213. The van der Waals surface area contributed by atoms with Gasteiger partial charge in [0.2, 0.25) is 5.82 Å². The van der Waals surface area contributed by atoms with Crippen molar-refractivity contribution in [2.24, 2.45) is 0 Å². The second-order valence-corrected chi connectivity index (χ2v) is 7.93. The fraction of sp³-hybridized carbons (Fsp3) is 0.348. The molecular formula is C23H25N7O3. The van der Waals surface area contributed by atoms with Crippen LogP contribution in [-0.2, 0) is 11.3 Å². The van der Waals surface area contributed by atoms with Gasteiger partial charge in [-0.2, -0.15) is 0 Å². The smallest absolute Gasteiger partial charge is 0.291 e. The van der Waals surface area contributed by atoms with Gasteiger partial charge in [-0.3, -0.25) is 9.59 Å². The highest BCUT2D eigenvalue weighted by Gasteiger charge is 2.32. The number of pyridine rings is 1. The van der Waals surface area contributed by atoms with Crippen LogP contribution < -0.4 is 19.9 Å². The molecule has 1 atom stereocenters.